The summed E-state index contributed by atoms with van der Waals surface area (Å²) in [7, 11) is 1.80. The van der Waals surface area contributed by atoms with Crippen molar-refractivity contribution in [1.82, 2.24) is 10.6 Å². The molecule has 16 heavy (non-hydrogen) atoms. The summed E-state index contributed by atoms with van der Waals surface area (Å²) in [6.45, 7) is 9.94. The number of ether oxygens (including phenoxy) is 1. The molecule has 2 N–H and O–H groups in total. The van der Waals surface area contributed by atoms with Gasteiger partial charge >= 0.3 is 0 Å². The summed E-state index contributed by atoms with van der Waals surface area (Å²) in [5.41, 5.74) is 0. The summed E-state index contributed by atoms with van der Waals surface area (Å²) >= 11 is 0. The average Bonchev–Trinajstić information content (AvgIpc) is 2.26. The first-order valence-corrected chi connectivity index (χ1v) is 6.23. The van der Waals surface area contributed by atoms with Gasteiger partial charge in [-0.2, -0.15) is 0 Å². The van der Waals surface area contributed by atoms with Crippen LogP contribution in [-0.2, 0) is 4.74 Å². The lowest BCUT2D eigenvalue weighted by atomic mass is 10.1. The lowest BCUT2D eigenvalue weighted by molar-refractivity contribution is 0.145. The van der Waals surface area contributed by atoms with Gasteiger partial charge in [0.15, 0.2) is 5.96 Å². The van der Waals surface area contributed by atoms with E-state index in [1.807, 2.05) is 6.92 Å². The fourth-order valence-corrected chi connectivity index (χ4v) is 1.23. The van der Waals surface area contributed by atoms with Gasteiger partial charge in [0.25, 0.3) is 0 Å². The van der Waals surface area contributed by atoms with E-state index in [0.717, 1.165) is 44.6 Å². The van der Waals surface area contributed by atoms with E-state index in [1.165, 1.54) is 6.42 Å². The minimum Gasteiger partial charge on any atom is -0.382 e. The molecule has 0 aliphatic heterocycles. The Balaban J connectivity index is 3.45. The largest absolute Gasteiger partial charge is 0.382 e. The zero-order valence-electron chi connectivity index (χ0n) is 11.2. The van der Waals surface area contributed by atoms with Crippen LogP contribution in [0.15, 0.2) is 4.99 Å². The van der Waals surface area contributed by atoms with Crippen LogP contribution in [0, 0.1) is 5.92 Å². The maximum atomic E-state index is 5.26. The van der Waals surface area contributed by atoms with Crippen LogP contribution in [-0.4, -0.2) is 39.3 Å². The molecule has 0 fully saturated rings. The second-order valence-corrected chi connectivity index (χ2v) is 4.16. The number of hydrogen-bond acceptors (Lipinski definition) is 2. The van der Waals surface area contributed by atoms with Crippen LogP contribution in [0.4, 0.5) is 0 Å². The van der Waals surface area contributed by atoms with E-state index in [9.17, 15) is 0 Å². The second kappa shape index (κ2) is 10.7. The molecule has 0 atom stereocenters. The van der Waals surface area contributed by atoms with Crippen molar-refractivity contribution in [3.05, 3.63) is 0 Å². The van der Waals surface area contributed by atoms with Gasteiger partial charge in [-0.3, -0.25) is 4.99 Å². The second-order valence-electron chi connectivity index (χ2n) is 4.16. The lowest BCUT2D eigenvalue weighted by Gasteiger charge is -2.12. The summed E-state index contributed by atoms with van der Waals surface area (Å²) < 4.78 is 5.26. The van der Waals surface area contributed by atoms with Crippen molar-refractivity contribution in [2.75, 3.05) is 33.4 Å². The Kier molecular flexibility index (Phi) is 10.2. The normalized spacial score (nSPS) is 11.9. The number of nitrogens with zero attached hydrogens (tertiary/aromatic N) is 1. The maximum absolute atomic E-state index is 5.26. The first-order valence-electron chi connectivity index (χ1n) is 6.23. The fourth-order valence-electron chi connectivity index (χ4n) is 1.23. The lowest BCUT2D eigenvalue weighted by Crippen LogP contribution is -2.38. The quantitative estimate of drug-likeness (QED) is 0.378. The van der Waals surface area contributed by atoms with Crippen LogP contribution < -0.4 is 10.6 Å². The van der Waals surface area contributed by atoms with Gasteiger partial charge in [-0.15, -0.1) is 0 Å². The molecule has 0 aromatic rings. The number of guanidine groups is 1. The Morgan fingerprint density at radius 3 is 2.50 bits per heavy atom. The van der Waals surface area contributed by atoms with Crippen LogP contribution in [0.25, 0.3) is 0 Å². The third-order valence-electron chi connectivity index (χ3n) is 2.20. The monoisotopic (exact) mass is 229 g/mol. The first-order chi connectivity index (χ1) is 7.70. The van der Waals surface area contributed by atoms with Gasteiger partial charge in [0.1, 0.15) is 0 Å². The van der Waals surface area contributed by atoms with E-state index < -0.39 is 0 Å². The summed E-state index contributed by atoms with van der Waals surface area (Å²) in [6.07, 6.45) is 2.18. The van der Waals surface area contributed by atoms with E-state index in [2.05, 4.69) is 29.5 Å². The SMILES string of the molecule is CCOCCCNC(=NC)NCCC(C)C. The van der Waals surface area contributed by atoms with Crippen molar-refractivity contribution in [2.45, 2.75) is 33.6 Å². The van der Waals surface area contributed by atoms with Gasteiger partial charge in [-0.05, 0) is 25.7 Å². The molecule has 0 aromatic heterocycles. The molecule has 0 rings (SSSR count). The van der Waals surface area contributed by atoms with Crippen LogP contribution >= 0.6 is 0 Å². The summed E-state index contributed by atoms with van der Waals surface area (Å²) in [5, 5.41) is 6.55. The van der Waals surface area contributed by atoms with Crippen molar-refractivity contribution >= 4 is 5.96 Å². The van der Waals surface area contributed by atoms with E-state index in [0.29, 0.717) is 0 Å². The number of nitrogens with one attached hydrogen (secondary N) is 2. The fraction of sp³-hybridized carbons (Fsp3) is 0.917. The van der Waals surface area contributed by atoms with Gasteiger partial charge in [-0.1, -0.05) is 13.8 Å². The van der Waals surface area contributed by atoms with Crippen LogP contribution in [0.3, 0.4) is 0 Å². The van der Waals surface area contributed by atoms with Crippen molar-refractivity contribution in [3.8, 4) is 0 Å². The van der Waals surface area contributed by atoms with Crippen LogP contribution in [0.5, 0.6) is 0 Å². The molecule has 0 bridgehead atoms. The molecule has 0 amide bonds. The molecule has 0 aliphatic carbocycles. The molecule has 4 nitrogen and oxygen atoms in total. The Morgan fingerprint density at radius 1 is 1.25 bits per heavy atom. The molecule has 0 saturated heterocycles. The van der Waals surface area contributed by atoms with Gasteiger partial charge < -0.3 is 15.4 Å². The van der Waals surface area contributed by atoms with E-state index in [-0.39, 0.29) is 0 Å². The highest BCUT2D eigenvalue weighted by molar-refractivity contribution is 5.79. The third kappa shape index (κ3) is 9.77. The van der Waals surface area contributed by atoms with E-state index in [1.54, 1.807) is 7.05 Å². The molecule has 0 heterocycles. The smallest absolute Gasteiger partial charge is 0.190 e. The Morgan fingerprint density at radius 2 is 1.94 bits per heavy atom. The zero-order valence-corrected chi connectivity index (χ0v) is 11.2. The highest BCUT2D eigenvalue weighted by Crippen LogP contribution is 1.95. The molecule has 0 radical (unpaired) electrons. The molecule has 0 aliphatic rings. The Bertz CT molecular complexity index is 181. The topological polar surface area (TPSA) is 45.6 Å². The highest BCUT2D eigenvalue weighted by Gasteiger charge is 1.97. The van der Waals surface area contributed by atoms with Crippen molar-refractivity contribution in [3.63, 3.8) is 0 Å². The molecule has 0 aromatic carbocycles. The zero-order chi connectivity index (χ0) is 12.2. The summed E-state index contributed by atoms with van der Waals surface area (Å²) in [6, 6.07) is 0. The molecule has 4 heteroatoms. The summed E-state index contributed by atoms with van der Waals surface area (Å²) in [5.74, 6) is 1.61. The van der Waals surface area contributed by atoms with Gasteiger partial charge in [-0.25, -0.2) is 0 Å². The standard InChI is InChI=1S/C12H27N3O/c1-5-16-10-6-8-14-12(13-4)15-9-7-11(2)3/h11H,5-10H2,1-4H3,(H2,13,14,15). The molecule has 0 unspecified atom stereocenters. The van der Waals surface area contributed by atoms with Gasteiger partial charge in [0.05, 0.1) is 0 Å². The minimum absolute atomic E-state index is 0.726. The third-order valence-corrected chi connectivity index (χ3v) is 2.20. The molecule has 0 spiro atoms. The Hall–Kier alpha value is -0.770. The van der Waals surface area contributed by atoms with Crippen LogP contribution in [0.2, 0.25) is 0 Å². The van der Waals surface area contributed by atoms with Crippen LogP contribution in [0.1, 0.15) is 33.6 Å². The highest BCUT2D eigenvalue weighted by atomic mass is 16.5. The molecular formula is C12H27N3O. The average molecular weight is 229 g/mol. The molecule has 0 saturated carbocycles. The first kappa shape index (κ1) is 15.2. The predicted octanol–water partition coefficient (Wildman–Crippen LogP) is 1.62. The maximum Gasteiger partial charge on any atom is 0.190 e. The predicted molar refractivity (Wildman–Crippen MR) is 69.9 cm³/mol. The minimum atomic E-state index is 0.726. The summed E-state index contributed by atoms with van der Waals surface area (Å²) in [4.78, 5) is 4.16. The van der Waals surface area contributed by atoms with Crippen molar-refractivity contribution in [1.29, 1.82) is 0 Å². The van der Waals surface area contributed by atoms with Crippen molar-refractivity contribution < 1.29 is 4.74 Å². The van der Waals surface area contributed by atoms with E-state index in [4.69, 9.17) is 4.74 Å². The number of hydrogen-bond donors (Lipinski definition) is 2. The number of rotatable bonds is 8. The van der Waals surface area contributed by atoms with E-state index >= 15 is 0 Å². The van der Waals surface area contributed by atoms with Gasteiger partial charge in [0.2, 0.25) is 0 Å². The number of aliphatic imine (C=N–C) groups is 1. The molecular weight excluding hydrogens is 202 g/mol. The van der Waals surface area contributed by atoms with Crippen molar-refractivity contribution in [2.24, 2.45) is 10.9 Å². The molecule has 96 valence electrons. The van der Waals surface area contributed by atoms with Gasteiger partial charge in [0, 0.05) is 33.4 Å². The Labute approximate surface area is 99.9 Å².